The molecule has 0 rings (SSSR count). The smallest absolute Gasteiger partial charge is 0.393 e. The molecule has 0 N–H and O–H groups in total. The molecule has 0 radical (unpaired) electrons. The number of esters is 2. The van der Waals surface area contributed by atoms with E-state index in [-0.39, 0.29) is 22.5 Å². The number of hydrogen-bond acceptors (Lipinski definition) is 3. The third-order valence-electron chi connectivity index (χ3n) is 1.67. The van der Waals surface area contributed by atoms with Crippen molar-refractivity contribution in [2.45, 2.75) is 52.4 Å². The van der Waals surface area contributed by atoms with Crippen LogP contribution in [0.25, 0.3) is 0 Å². The Hall–Kier alpha value is -0.366. The second kappa shape index (κ2) is 10.7. The predicted molar refractivity (Wildman–Crippen MR) is 50.1 cm³/mol. The summed E-state index contributed by atoms with van der Waals surface area (Å²) in [6.07, 6.45) is 4.31. The maximum absolute atomic E-state index is 11.0. The van der Waals surface area contributed by atoms with Crippen LogP contribution in [-0.2, 0) is 30.8 Å². The Bertz CT molecular complexity index is 169. The second-order valence-corrected chi connectivity index (χ2v) is 3.05. The van der Waals surface area contributed by atoms with Crippen LogP contribution in [0.4, 0.5) is 0 Å². The fourth-order valence-electron chi connectivity index (χ4n) is 0.952. The summed E-state index contributed by atoms with van der Waals surface area (Å²) in [6, 6.07) is 0. The zero-order valence-corrected chi connectivity index (χ0v) is 9.77. The molecule has 0 atom stereocenters. The van der Waals surface area contributed by atoms with Crippen molar-refractivity contribution in [1.82, 2.24) is 0 Å². The van der Waals surface area contributed by atoms with E-state index in [0.29, 0.717) is 12.8 Å². The molecular formula is C10H18NiO3+2. The molecule has 0 saturated carbocycles. The van der Waals surface area contributed by atoms with Crippen molar-refractivity contribution in [3.05, 3.63) is 0 Å². The van der Waals surface area contributed by atoms with Crippen LogP contribution >= 0.6 is 0 Å². The molecular weight excluding hydrogens is 227 g/mol. The number of carbonyl (C=O) groups excluding carboxylic acids is 2. The van der Waals surface area contributed by atoms with Crippen molar-refractivity contribution >= 4 is 11.9 Å². The summed E-state index contributed by atoms with van der Waals surface area (Å²) in [7, 11) is 0. The first-order valence-electron chi connectivity index (χ1n) is 4.94. The molecule has 4 heteroatoms. The molecule has 0 saturated heterocycles. The van der Waals surface area contributed by atoms with Gasteiger partial charge in [0, 0.05) is 12.8 Å². The van der Waals surface area contributed by atoms with E-state index < -0.39 is 5.97 Å². The Morgan fingerprint density at radius 3 is 2.00 bits per heavy atom. The van der Waals surface area contributed by atoms with E-state index >= 15 is 0 Å². The zero-order valence-electron chi connectivity index (χ0n) is 8.78. The van der Waals surface area contributed by atoms with Crippen molar-refractivity contribution < 1.29 is 30.8 Å². The van der Waals surface area contributed by atoms with Gasteiger partial charge >= 0.3 is 28.4 Å². The van der Waals surface area contributed by atoms with Gasteiger partial charge in [0.2, 0.25) is 0 Å². The van der Waals surface area contributed by atoms with Crippen molar-refractivity contribution in [3.63, 3.8) is 0 Å². The van der Waals surface area contributed by atoms with Gasteiger partial charge in [-0.15, -0.1) is 0 Å². The SMILES string of the molecule is CCCCCC(=O)OC(=O)CCC.[Ni+2]. The van der Waals surface area contributed by atoms with Gasteiger partial charge in [-0.25, -0.2) is 0 Å². The summed E-state index contributed by atoms with van der Waals surface area (Å²) in [5.41, 5.74) is 0. The summed E-state index contributed by atoms with van der Waals surface area (Å²) in [5.74, 6) is -0.782. The number of carbonyl (C=O) groups is 2. The van der Waals surface area contributed by atoms with Crippen molar-refractivity contribution in [2.24, 2.45) is 0 Å². The Kier molecular flexibility index (Phi) is 12.3. The Morgan fingerprint density at radius 1 is 0.929 bits per heavy atom. The maximum atomic E-state index is 11.0. The van der Waals surface area contributed by atoms with E-state index in [1.807, 2.05) is 6.92 Å². The standard InChI is InChI=1S/C10H18O3.Ni/c1-3-5-6-8-10(12)13-9(11)7-4-2;/h3-8H2,1-2H3;/q;+2. The van der Waals surface area contributed by atoms with Crippen LogP contribution in [0, 0.1) is 0 Å². The van der Waals surface area contributed by atoms with Gasteiger partial charge in [-0.2, -0.15) is 0 Å². The largest absolute Gasteiger partial charge is 2.00 e. The van der Waals surface area contributed by atoms with Gasteiger partial charge in [-0.05, 0) is 12.8 Å². The average Bonchev–Trinajstić information content (AvgIpc) is 2.05. The maximum Gasteiger partial charge on any atom is 2.00 e. The third kappa shape index (κ3) is 9.72. The summed E-state index contributed by atoms with van der Waals surface area (Å²) in [5, 5.41) is 0. The summed E-state index contributed by atoms with van der Waals surface area (Å²) in [4.78, 5) is 21.8. The van der Waals surface area contributed by atoms with Crippen LogP contribution in [0.15, 0.2) is 0 Å². The van der Waals surface area contributed by atoms with Crippen LogP contribution in [0.5, 0.6) is 0 Å². The van der Waals surface area contributed by atoms with E-state index in [9.17, 15) is 9.59 Å². The predicted octanol–water partition coefficient (Wildman–Crippen LogP) is 2.43. The molecule has 14 heavy (non-hydrogen) atoms. The molecule has 0 fully saturated rings. The van der Waals surface area contributed by atoms with Gasteiger partial charge in [0.1, 0.15) is 0 Å². The van der Waals surface area contributed by atoms with Crippen molar-refractivity contribution in [3.8, 4) is 0 Å². The van der Waals surface area contributed by atoms with Crippen LogP contribution < -0.4 is 0 Å². The summed E-state index contributed by atoms with van der Waals surface area (Å²) < 4.78 is 4.56. The summed E-state index contributed by atoms with van der Waals surface area (Å²) >= 11 is 0. The second-order valence-electron chi connectivity index (χ2n) is 3.05. The van der Waals surface area contributed by atoms with E-state index in [1.165, 1.54) is 0 Å². The summed E-state index contributed by atoms with van der Waals surface area (Å²) in [6.45, 7) is 3.94. The molecule has 0 aromatic rings. The Balaban J connectivity index is 0. The van der Waals surface area contributed by atoms with E-state index in [2.05, 4.69) is 11.7 Å². The molecule has 0 amide bonds. The minimum atomic E-state index is -0.399. The van der Waals surface area contributed by atoms with Gasteiger partial charge in [-0.1, -0.05) is 26.7 Å². The first-order chi connectivity index (χ1) is 6.20. The molecule has 0 aromatic heterocycles. The molecule has 0 spiro atoms. The topological polar surface area (TPSA) is 43.4 Å². The third-order valence-corrected chi connectivity index (χ3v) is 1.67. The van der Waals surface area contributed by atoms with Crippen LogP contribution in [0.3, 0.4) is 0 Å². The molecule has 0 bridgehead atoms. The molecule has 0 unspecified atom stereocenters. The molecule has 84 valence electrons. The molecule has 0 aliphatic rings. The number of unbranched alkanes of at least 4 members (excludes halogenated alkanes) is 2. The van der Waals surface area contributed by atoms with Crippen molar-refractivity contribution in [1.29, 1.82) is 0 Å². The number of rotatable bonds is 6. The van der Waals surface area contributed by atoms with E-state index in [1.54, 1.807) is 0 Å². The van der Waals surface area contributed by atoms with E-state index in [4.69, 9.17) is 0 Å². The Morgan fingerprint density at radius 2 is 1.50 bits per heavy atom. The molecule has 0 aliphatic carbocycles. The van der Waals surface area contributed by atoms with Crippen LogP contribution in [0.1, 0.15) is 52.4 Å². The molecule has 3 nitrogen and oxygen atoms in total. The molecule has 0 aromatic carbocycles. The molecule has 0 aliphatic heterocycles. The monoisotopic (exact) mass is 244 g/mol. The Labute approximate surface area is 95.5 Å². The van der Waals surface area contributed by atoms with Gasteiger partial charge in [0.15, 0.2) is 0 Å². The fourth-order valence-corrected chi connectivity index (χ4v) is 0.952. The quantitative estimate of drug-likeness (QED) is 0.312. The van der Waals surface area contributed by atoms with Gasteiger partial charge in [-0.3, -0.25) is 9.59 Å². The minimum Gasteiger partial charge on any atom is -0.393 e. The van der Waals surface area contributed by atoms with Gasteiger partial charge in [0.05, 0.1) is 0 Å². The normalized spacial score (nSPS) is 9.00. The van der Waals surface area contributed by atoms with Crippen molar-refractivity contribution in [2.75, 3.05) is 0 Å². The number of hydrogen-bond donors (Lipinski definition) is 0. The zero-order chi connectivity index (χ0) is 10.1. The van der Waals surface area contributed by atoms with Gasteiger partial charge in [0.25, 0.3) is 0 Å². The average molecular weight is 245 g/mol. The molecule has 0 heterocycles. The first kappa shape index (κ1) is 16.1. The van der Waals surface area contributed by atoms with Gasteiger partial charge < -0.3 is 4.74 Å². The van der Waals surface area contributed by atoms with E-state index in [0.717, 1.165) is 25.7 Å². The van der Waals surface area contributed by atoms with Crippen LogP contribution in [-0.4, -0.2) is 11.9 Å². The first-order valence-corrected chi connectivity index (χ1v) is 4.94. The number of ether oxygens (including phenoxy) is 1. The minimum absolute atomic E-state index is 0. The van der Waals surface area contributed by atoms with Crippen LogP contribution in [0.2, 0.25) is 0 Å². The fraction of sp³-hybridized carbons (Fsp3) is 0.800.